The van der Waals surface area contributed by atoms with E-state index >= 15 is 0 Å². The van der Waals surface area contributed by atoms with E-state index in [0.717, 1.165) is 5.56 Å². The minimum absolute atomic E-state index is 0.0472. The third-order valence-electron chi connectivity index (χ3n) is 12.2. The lowest BCUT2D eigenvalue weighted by Gasteiger charge is -2.32. The summed E-state index contributed by atoms with van der Waals surface area (Å²) in [5, 5.41) is 22.5. The lowest BCUT2D eigenvalue weighted by Crippen LogP contribution is -2.63. The van der Waals surface area contributed by atoms with E-state index in [1.807, 2.05) is 40.7 Å². The highest BCUT2D eigenvalue weighted by molar-refractivity contribution is 5.99. The van der Waals surface area contributed by atoms with Crippen LogP contribution in [0.15, 0.2) is 30.3 Å². The average Bonchev–Trinajstić information content (AvgIpc) is 3.25. The minimum atomic E-state index is -1.20. The second-order valence-electron chi connectivity index (χ2n) is 18.4. The molecule has 0 bridgehead atoms. The van der Waals surface area contributed by atoms with Crippen molar-refractivity contribution in [1.29, 1.82) is 0 Å². The molecule has 1 aliphatic heterocycles. The van der Waals surface area contributed by atoms with Gasteiger partial charge in [-0.3, -0.25) is 38.4 Å². The van der Waals surface area contributed by atoms with Gasteiger partial charge in [0.05, 0.1) is 0 Å². The van der Waals surface area contributed by atoms with Gasteiger partial charge in [0.25, 0.3) is 0 Å². The van der Waals surface area contributed by atoms with Gasteiger partial charge in [0.2, 0.25) is 47.3 Å². The summed E-state index contributed by atoms with van der Waals surface area (Å²) < 4.78 is 0. The molecule has 10 N–H and O–H groups in total. The van der Waals surface area contributed by atoms with Crippen LogP contribution in [-0.2, 0) is 44.8 Å². The molecule has 0 aromatic heterocycles. The van der Waals surface area contributed by atoms with E-state index in [2.05, 4.69) is 42.5 Å². The Morgan fingerprint density at radius 2 is 0.891 bits per heavy atom. The number of nitrogens with one attached hydrogen (secondary N) is 8. The molecule has 1 aromatic carbocycles. The molecule has 1 aliphatic rings. The quantitative estimate of drug-likeness (QED) is 0.117. The maximum absolute atomic E-state index is 14.4. The Hall–Kier alpha value is -5.06. The molecule has 2 rings (SSSR count). The number of nitrogens with two attached hydrogens (primary N) is 1. The second-order valence-corrected chi connectivity index (χ2v) is 18.4. The zero-order valence-electron chi connectivity index (χ0n) is 40.1. The molecule has 17 heteroatoms. The SMILES string of the molecule is CC[C@@H](C)[C@H]1NC(=O)[C@H](C(C)C)NC(=O)[C@@H](C)NC(=O)[C@H]([C@@H](C)CC)NC(=O)[C@@H](CC(C)C)NC(=O)[C@@H](Cc2ccccc2)NC(=O)[C@H]([C@@H](C)CC)NC(=O)[C@H](CCCCN)NC1=O. The molecule has 0 unspecified atom stereocenters. The van der Waals surface area contributed by atoms with E-state index in [9.17, 15) is 38.4 Å². The van der Waals surface area contributed by atoms with Crippen LogP contribution >= 0.6 is 0 Å². The topological polar surface area (TPSA) is 259 Å². The zero-order chi connectivity index (χ0) is 48.3. The van der Waals surface area contributed by atoms with Crippen LogP contribution in [0.5, 0.6) is 0 Å². The maximum atomic E-state index is 14.4. The number of carbonyl (C=O) groups is 8. The first-order valence-corrected chi connectivity index (χ1v) is 23.4. The van der Waals surface area contributed by atoms with Crippen molar-refractivity contribution in [3.8, 4) is 0 Å². The highest BCUT2D eigenvalue weighted by Crippen LogP contribution is 2.16. The Kier molecular flexibility index (Phi) is 23.5. The first-order valence-electron chi connectivity index (χ1n) is 23.4. The summed E-state index contributed by atoms with van der Waals surface area (Å²) in [6, 6.07) is -0.0528. The lowest BCUT2D eigenvalue weighted by atomic mass is 9.95. The minimum Gasteiger partial charge on any atom is -0.343 e. The molecule has 17 nitrogen and oxygen atoms in total. The van der Waals surface area contributed by atoms with Gasteiger partial charge in [-0.1, -0.05) is 119 Å². The van der Waals surface area contributed by atoms with Gasteiger partial charge >= 0.3 is 0 Å². The number of unbranched alkanes of at least 4 members (excludes halogenated alkanes) is 1. The number of hydrogen-bond donors (Lipinski definition) is 9. The first-order chi connectivity index (χ1) is 30.2. The van der Waals surface area contributed by atoms with Crippen molar-refractivity contribution >= 4 is 47.3 Å². The molecule has 1 heterocycles. The lowest BCUT2D eigenvalue weighted by molar-refractivity contribution is -0.138. The molecule has 1 fully saturated rings. The molecule has 1 saturated heterocycles. The Bertz CT molecular complexity index is 1710. The highest BCUT2D eigenvalue weighted by atomic mass is 16.2. The van der Waals surface area contributed by atoms with E-state index in [0.29, 0.717) is 38.6 Å². The largest absolute Gasteiger partial charge is 0.343 e. The summed E-state index contributed by atoms with van der Waals surface area (Å²) in [6.07, 6.45) is 2.86. The van der Waals surface area contributed by atoms with Gasteiger partial charge in [-0.25, -0.2) is 0 Å². The average molecular weight is 898 g/mol. The molecule has 360 valence electrons. The van der Waals surface area contributed by atoms with Crippen molar-refractivity contribution in [1.82, 2.24) is 42.5 Å². The molecule has 1 aromatic rings. The monoisotopic (exact) mass is 898 g/mol. The van der Waals surface area contributed by atoms with Crippen LogP contribution in [0.1, 0.15) is 127 Å². The van der Waals surface area contributed by atoms with Crippen LogP contribution in [0, 0.1) is 29.6 Å². The summed E-state index contributed by atoms with van der Waals surface area (Å²) in [5.41, 5.74) is 6.51. The van der Waals surface area contributed by atoms with Crippen LogP contribution in [0.4, 0.5) is 0 Å². The fourth-order valence-electron chi connectivity index (χ4n) is 7.36. The van der Waals surface area contributed by atoms with Gasteiger partial charge in [-0.05, 0) is 74.3 Å². The molecule has 8 amide bonds. The van der Waals surface area contributed by atoms with Crippen LogP contribution in [0.3, 0.4) is 0 Å². The summed E-state index contributed by atoms with van der Waals surface area (Å²) in [5.74, 6) is -6.88. The molecule has 0 spiro atoms. The van der Waals surface area contributed by atoms with Crippen molar-refractivity contribution in [3.05, 3.63) is 35.9 Å². The zero-order valence-corrected chi connectivity index (χ0v) is 40.1. The second kappa shape index (κ2) is 27.3. The van der Waals surface area contributed by atoms with E-state index in [-0.39, 0.29) is 25.2 Å². The Morgan fingerprint density at radius 1 is 0.484 bits per heavy atom. The predicted molar refractivity (Wildman–Crippen MR) is 247 cm³/mol. The van der Waals surface area contributed by atoms with Gasteiger partial charge in [0, 0.05) is 6.42 Å². The van der Waals surface area contributed by atoms with E-state index in [1.54, 1.807) is 58.9 Å². The van der Waals surface area contributed by atoms with E-state index in [1.165, 1.54) is 6.92 Å². The number of amides is 8. The number of carbonyl (C=O) groups excluding carboxylic acids is 8. The summed E-state index contributed by atoms with van der Waals surface area (Å²) >= 11 is 0. The first kappa shape index (κ1) is 55.1. The van der Waals surface area contributed by atoms with Gasteiger partial charge in [0.1, 0.15) is 48.3 Å². The fraction of sp³-hybridized carbons (Fsp3) is 0.702. The Labute approximate surface area is 380 Å². The van der Waals surface area contributed by atoms with Crippen molar-refractivity contribution in [2.24, 2.45) is 35.3 Å². The van der Waals surface area contributed by atoms with Gasteiger partial charge < -0.3 is 48.3 Å². The normalized spacial score (nSPS) is 26.8. The summed E-state index contributed by atoms with van der Waals surface area (Å²) in [6.45, 7) is 20.0. The summed E-state index contributed by atoms with van der Waals surface area (Å²) in [7, 11) is 0. The third-order valence-corrected chi connectivity index (χ3v) is 12.2. The van der Waals surface area contributed by atoms with Gasteiger partial charge in [-0.2, -0.15) is 0 Å². The van der Waals surface area contributed by atoms with Crippen LogP contribution in [-0.4, -0.2) is 102 Å². The van der Waals surface area contributed by atoms with Crippen molar-refractivity contribution in [2.45, 2.75) is 176 Å². The smallest absolute Gasteiger partial charge is 0.243 e. The van der Waals surface area contributed by atoms with Crippen LogP contribution in [0.25, 0.3) is 0 Å². The van der Waals surface area contributed by atoms with Crippen LogP contribution in [0.2, 0.25) is 0 Å². The summed E-state index contributed by atoms with van der Waals surface area (Å²) in [4.78, 5) is 113. The van der Waals surface area contributed by atoms with E-state index in [4.69, 9.17) is 5.73 Å². The molecule has 0 aliphatic carbocycles. The number of benzene rings is 1. The molecule has 0 saturated carbocycles. The maximum Gasteiger partial charge on any atom is 0.243 e. The third kappa shape index (κ3) is 17.1. The number of hydrogen-bond acceptors (Lipinski definition) is 9. The Balaban J connectivity index is 2.79. The molecular formula is C47H79N9O8. The van der Waals surface area contributed by atoms with Crippen molar-refractivity contribution in [3.63, 3.8) is 0 Å². The van der Waals surface area contributed by atoms with Crippen LogP contribution < -0.4 is 48.3 Å². The highest BCUT2D eigenvalue weighted by Gasteiger charge is 2.38. The van der Waals surface area contributed by atoms with Crippen molar-refractivity contribution < 1.29 is 38.4 Å². The molecule has 0 radical (unpaired) electrons. The number of rotatable bonds is 15. The molecular weight excluding hydrogens is 819 g/mol. The van der Waals surface area contributed by atoms with Gasteiger partial charge in [0.15, 0.2) is 0 Å². The van der Waals surface area contributed by atoms with Crippen molar-refractivity contribution in [2.75, 3.05) is 6.54 Å². The standard InChI is InChI=1S/C47H79N9O8/c1-12-28(8)37-45(62)49-31(11)40(57)53-36(27(6)7)44(61)56-39(30(10)14-3)46(63)50-33(22-18-19-23-48)41(58)54-38(29(9)13-2)47(64)52-35(25-32-20-16-15-17-21-32)42(59)51-34(24-26(4)5)43(60)55-37/h15-17,20-21,26-31,33-39H,12-14,18-19,22-25,48H2,1-11H3,(H,49,62)(H,50,63)(H,51,59)(H,52,64)(H,53,57)(H,54,58)(H,55,60)(H,56,61)/t28-,29-,30+,31+,33-,34+,35+,36-,37-,38-,39+/m0/s1. The fourth-order valence-corrected chi connectivity index (χ4v) is 7.36. The molecule has 11 atom stereocenters. The van der Waals surface area contributed by atoms with Gasteiger partial charge in [-0.15, -0.1) is 0 Å². The predicted octanol–water partition coefficient (Wildman–Crippen LogP) is 2.11. The van der Waals surface area contributed by atoms with E-state index < -0.39 is 119 Å². The molecule has 64 heavy (non-hydrogen) atoms. The Morgan fingerprint density at radius 3 is 1.36 bits per heavy atom.